The highest BCUT2D eigenvalue weighted by atomic mass is 19.1. The topological polar surface area (TPSA) is 67.7 Å². The van der Waals surface area contributed by atoms with E-state index in [4.69, 9.17) is 9.47 Å². The van der Waals surface area contributed by atoms with Crippen molar-refractivity contribution in [1.82, 2.24) is 9.97 Å². The van der Waals surface area contributed by atoms with Crippen molar-refractivity contribution in [1.29, 1.82) is 0 Å². The summed E-state index contributed by atoms with van der Waals surface area (Å²) in [5.74, 6) is 0.700. The van der Waals surface area contributed by atoms with E-state index in [1.165, 1.54) is 24.3 Å². The van der Waals surface area contributed by atoms with Crippen LogP contribution < -0.4 is 9.64 Å². The summed E-state index contributed by atoms with van der Waals surface area (Å²) in [7, 11) is 0. The van der Waals surface area contributed by atoms with E-state index in [2.05, 4.69) is 9.97 Å². The van der Waals surface area contributed by atoms with Gasteiger partial charge in [0.25, 0.3) is 0 Å². The number of nitrogens with zero attached hydrogens (tertiary/aromatic N) is 3. The summed E-state index contributed by atoms with van der Waals surface area (Å²) in [6, 6.07) is 7.41. The minimum Gasteiger partial charge on any atom is -0.490 e. The van der Waals surface area contributed by atoms with Gasteiger partial charge in [0.05, 0.1) is 19.8 Å². The molecule has 1 fully saturated rings. The maximum Gasteiger partial charge on any atom is 0.225 e. The third-order valence-corrected chi connectivity index (χ3v) is 3.52. The number of rotatable bonds is 4. The number of aliphatic hydroxyl groups is 1. The average Bonchev–Trinajstić information content (AvgIpc) is 2.78. The Morgan fingerprint density at radius 2 is 2.00 bits per heavy atom. The summed E-state index contributed by atoms with van der Waals surface area (Å²) in [4.78, 5) is 10.3. The third kappa shape index (κ3) is 4.14. The van der Waals surface area contributed by atoms with Crippen LogP contribution in [0.15, 0.2) is 42.7 Å². The van der Waals surface area contributed by atoms with Gasteiger partial charge in [-0.1, -0.05) is 0 Å². The third-order valence-electron chi connectivity index (χ3n) is 3.52. The molecule has 23 heavy (non-hydrogen) atoms. The fraction of sp³-hybridized carbons (Fsp3) is 0.375. The Morgan fingerprint density at radius 3 is 2.74 bits per heavy atom. The van der Waals surface area contributed by atoms with Gasteiger partial charge in [0.15, 0.2) is 0 Å². The molecule has 6 nitrogen and oxygen atoms in total. The highest BCUT2D eigenvalue weighted by Gasteiger charge is 2.34. The fourth-order valence-corrected chi connectivity index (χ4v) is 2.38. The maximum atomic E-state index is 12.9. The van der Waals surface area contributed by atoms with Gasteiger partial charge >= 0.3 is 0 Å². The van der Waals surface area contributed by atoms with Gasteiger partial charge in [0.1, 0.15) is 23.8 Å². The van der Waals surface area contributed by atoms with Crippen molar-refractivity contribution in [3.63, 3.8) is 0 Å². The Hall–Kier alpha value is -2.25. The number of aromatic nitrogens is 2. The highest BCUT2D eigenvalue weighted by molar-refractivity contribution is 5.30. The smallest absolute Gasteiger partial charge is 0.225 e. The molecule has 122 valence electrons. The average molecular weight is 319 g/mol. The Labute approximate surface area is 133 Å². The van der Waals surface area contributed by atoms with Crippen LogP contribution in [0.5, 0.6) is 5.75 Å². The lowest BCUT2D eigenvalue weighted by atomic mass is 10.1. The molecule has 1 unspecified atom stereocenters. The number of halogens is 1. The van der Waals surface area contributed by atoms with Gasteiger partial charge in [0.2, 0.25) is 5.95 Å². The van der Waals surface area contributed by atoms with E-state index >= 15 is 0 Å². The molecule has 1 aliphatic rings. The summed E-state index contributed by atoms with van der Waals surface area (Å²) < 4.78 is 24.0. The summed E-state index contributed by atoms with van der Waals surface area (Å²) in [5.41, 5.74) is -1.20. The van der Waals surface area contributed by atoms with Crippen LogP contribution in [0.1, 0.15) is 0 Å². The number of ether oxygens (including phenoxy) is 2. The molecule has 1 N–H and O–H groups in total. The second-order valence-corrected chi connectivity index (χ2v) is 5.49. The monoisotopic (exact) mass is 319 g/mol. The van der Waals surface area contributed by atoms with Gasteiger partial charge in [-0.05, 0) is 30.3 Å². The van der Waals surface area contributed by atoms with Crippen molar-refractivity contribution in [3.8, 4) is 5.75 Å². The molecule has 2 heterocycles. The first-order valence-electron chi connectivity index (χ1n) is 7.35. The summed E-state index contributed by atoms with van der Waals surface area (Å²) in [6.45, 7) is 1.53. The maximum absolute atomic E-state index is 12.9. The molecule has 1 aliphatic heterocycles. The van der Waals surface area contributed by atoms with Crippen LogP contribution in [0.25, 0.3) is 0 Å². The zero-order valence-electron chi connectivity index (χ0n) is 12.6. The van der Waals surface area contributed by atoms with Gasteiger partial charge in [-0.15, -0.1) is 0 Å². The molecule has 0 spiro atoms. The second-order valence-electron chi connectivity index (χ2n) is 5.49. The first kappa shape index (κ1) is 15.6. The van der Waals surface area contributed by atoms with Gasteiger partial charge in [0, 0.05) is 18.9 Å². The van der Waals surface area contributed by atoms with Crippen molar-refractivity contribution >= 4 is 5.95 Å². The molecular weight excluding hydrogens is 301 g/mol. The van der Waals surface area contributed by atoms with E-state index in [1.54, 1.807) is 18.5 Å². The van der Waals surface area contributed by atoms with E-state index in [9.17, 15) is 9.50 Å². The van der Waals surface area contributed by atoms with E-state index < -0.39 is 5.60 Å². The molecule has 0 aliphatic carbocycles. The predicted octanol–water partition coefficient (Wildman–Crippen LogP) is 1.26. The van der Waals surface area contributed by atoms with E-state index in [0.29, 0.717) is 24.8 Å². The summed E-state index contributed by atoms with van der Waals surface area (Å²) >= 11 is 0. The van der Waals surface area contributed by atoms with Crippen molar-refractivity contribution in [3.05, 3.63) is 48.5 Å². The van der Waals surface area contributed by atoms with Gasteiger partial charge in [-0.3, -0.25) is 0 Å². The molecule has 0 saturated carbocycles. The van der Waals surface area contributed by atoms with Crippen molar-refractivity contribution < 1.29 is 19.0 Å². The molecule has 1 aromatic carbocycles. The Bertz CT molecular complexity index is 626. The molecule has 0 bridgehead atoms. The Kier molecular flexibility index (Phi) is 4.68. The van der Waals surface area contributed by atoms with E-state index in [0.717, 1.165) is 0 Å². The molecular formula is C16H18FN3O3. The molecule has 0 amide bonds. The van der Waals surface area contributed by atoms with Crippen molar-refractivity contribution in [2.24, 2.45) is 0 Å². The number of anilines is 1. The van der Waals surface area contributed by atoms with Crippen LogP contribution in [-0.2, 0) is 4.74 Å². The lowest BCUT2D eigenvalue weighted by Gasteiger charge is -2.30. The minimum absolute atomic E-state index is 0.0297. The zero-order valence-corrected chi connectivity index (χ0v) is 12.6. The molecule has 7 heteroatoms. The molecule has 1 saturated heterocycles. The fourth-order valence-electron chi connectivity index (χ4n) is 2.38. The second kappa shape index (κ2) is 6.89. The molecule has 1 atom stereocenters. The standard InChI is InChI=1S/C16H18FN3O3/c17-13-2-4-14(5-3-13)23-12-16(21)10-20(8-9-22-11-16)15-18-6-1-7-19-15/h1-7,21H,8-12H2. The van der Waals surface area contributed by atoms with Crippen molar-refractivity contribution in [2.45, 2.75) is 5.60 Å². The minimum atomic E-state index is -1.20. The van der Waals surface area contributed by atoms with Crippen LogP contribution in [0.4, 0.5) is 10.3 Å². The Morgan fingerprint density at radius 1 is 1.26 bits per heavy atom. The summed E-state index contributed by atoms with van der Waals surface area (Å²) in [5, 5.41) is 10.8. The molecule has 2 aromatic rings. The summed E-state index contributed by atoms with van der Waals surface area (Å²) in [6.07, 6.45) is 3.31. The van der Waals surface area contributed by atoms with Gasteiger partial charge in [-0.2, -0.15) is 0 Å². The number of hydrogen-bond acceptors (Lipinski definition) is 6. The van der Waals surface area contributed by atoms with Crippen LogP contribution in [0.3, 0.4) is 0 Å². The van der Waals surface area contributed by atoms with Crippen LogP contribution in [0.2, 0.25) is 0 Å². The first-order valence-corrected chi connectivity index (χ1v) is 7.35. The number of β-amino-alcohol motifs (C(OH)–C–C–N with tert-alkyl or cyclic N) is 1. The predicted molar refractivity (Wildman–Crippen MR) is 81.9 cm³/mol. The first-order chi connectivity index (χ1) is 11.1. The van der Waals surface area contributed by atoms with Crippen molar-refractivity contribution in [2.75, 3.05) is 37.8 Å². The van der Waals surface area contributed by atoms with Crippen LogP contribution in [0, 0.1) is 5.82 Å². The number of hydrogen-bond donors (Lipinski definition) is 1. The van der Waals surface area contributed by atoms with Crippen LogP contribution in [-0.4, -0.2) is 53.6 Å². The van der Waals surface area contributed by atoms with E-state index in [1.807, 2.05) is 4.90 Å². The van der Waals surface area contributed by atoms with E-state index in [-0.39, 0.29) is 25.6 Å². The Balaban J connectivity index is 1.67. The quantitative estimate of drug-likeness (QED) is 0.915. The van der Waals surface area contributed by atoms with Crippen LogP contribution >= 0.6 is 0 Å². The molecule has 1 aromatic heterocycles. The lowest BCUT2D eigenvalue weighted by Crippen LogP contribution is -2.49. The number of benzene rings is 1. The van der Waals surface area contributed by atoms with Gasteiger partial charge < -0.3 is 19.5 Å². The lowest BCUT2D eigenvalue weighted by molar-refractivity contribution is -0.0537. The molecule has 0 radical (unpaired) electrons. The van der Waals surface area contributed by atoms with Gasteiger partial charge in [-0.25, -0.2) is 14.4 Å². The highest BCUT2D eigenvalue weighted by Crippen LogP contribution is 2.19. The normalized spacial score (nSPS) is 21.7. The SMILES string of the molecule is OC1(COc2ccc(F)cc2)COCCN(c2ncccn2)C1. The largest absolute Gasteiger partial charge is 0.490 e. The molecule has 3 rings (SSSR count). The zero-order chi connectivity index (χ0) is 16.1.